The number of nitrogens with zero attached hydrogens (tertiary/aromatic N) is 5. The highest BCUT2D eigenvalue weighted by Gasteiger charge is 2.42. The van der Waals surface area contributed by atoms with Gasteiger partial charge in [0.05, 0.1) is 10.6 Å². The molecule has 0 spiro atoms. The molecule has 0 radical (unpaired) electrons. The summed E-state index contributed by atoms with van der Waals surface area (Å²) in [5.74, 6) is -0.611. The first kappa shape index (κ1) is 40.4. The summed E-state index contributed by atoms with van der Waals surface area (Å²) in [4.78, 5) is 50.0. The first-order chi connectivity index (χ1) is 23.2. The fraction of sp³-hybridized carbons (Fsp3) is 0.725. The molecule has 2 atom stereocenters. The number of amides is 3. The van der Waals surface area contributed by atoms with Crippen LogP contribution in [-0.2, 0) is 19.8 Å². The number of unbranched alkanes of at least 4 members (excludes halogenated alkanes) is 2. The molecule has 3 amide bonds. The van der Waals surface area contributed by atoms with Crippen LogP contribution in [-0.4, -0.2) is 52.9 Å². The predicted molar refractivity (Wildman–Crippen MR) is 202 cm³/mol. The lowest BCUT2D eigenvalue weighted by atomic mass is 9.73. The Morgan fingerprint density at radius 3 is 2.02 bits per heavy atom. The zero-order valence-corrected chi connectivity index (χ0v) is 33.0. The molecule has 3 rings (SSSR count). The topological polar surface area (TPSA) is 97.6 Å². The highest BCUT2D eigenvalue weighted by atomic mass is 32.1. The molecule has 1 aromatic heterocycles. The monoisotopic (exact) mass is 693 g/mol. The predicted octanol–water partition coefficient (Wildman–Crippen LogP) is 9.62. The minimum Gasteiger partial charge on any atom is -0.348 e. The molecule has 0 aromatic carbocycles. The van der Waals surface area contributed by atoms with Crippen LogP contribution in [0.4, 0.5) is 5.13 Å². The lowest BCUT2D eigenvalue weighted by Crippen LogP contribution is -2.56. The molecule has 8 nitrogen and oxygen atoms in total. The summed E-state index contributed by atoms with van der Waals surface area (Å²) in [5, 5.41) is 13.0. The van der Waals surface area contributed by atoms with Crippen LogP contribution in [0.5, 0.6) is 0 Å². The first-order valence-electron chi connectivity index (χ1n) is 18.9. The van der Waals surface area contributed by atoms with E-state index < -0.39 is 23.1 Å². The van der Waals surface area contributed by atoms with Crippen LogP contribution in [0.25, 0.3) is 6.08 Å². The maximum Gasteiger partial charge on any atom is 0.290 e. The van der Waals surface area contributed by atoms with Crippen molar-refractivity contribution in [2.24, 2.45) is 17.3 Å². The Hall–Kier alpha value is -2.99. The van der Waals surface area contributed by atoms with E-state index >= 15 is 0 Å². The fourth-order valence-corrected chi connectivity index (χ4v) is 8.47. The quantitative estimate of drug-likeness (QED) is 0.126. The van der Waals surface area contributed by atoms with E-state index in [4.69, 9.17) is 4.98 Å². The number of rotatable bonds is 16. The zero-order chi connectivity index (χ0) is 36.5. The molecule has 1 aliphatic heterocycles. The maximum atomic E-state index is 14.2. The molecule has 272 valence electrons. The third kappa shape index (κ3) is 9.62. The lowest BCUT2D eigenvalue weighted by Gasteiger charge is -2.36. The molecule has 49 heavy (non-hydrogen) atoms. The van der Waals surface area contributed by atoms with Gasteiger partial charge in [-0.25, -0.2) is 9.99 Å². The fourth-order valence-electron chi connectivity index (χ4n) is 7.29. The van der Waals surface area contributed by atoms with E-state index in [-0.39, 0.29) is 16.6 Å². The Bertz CT molecular complexity index is 1400. The molecule has 0 bridgehead atoms. The average Bonchev–Trinajstić information content (AvgIpc) is 3.50. The summed E-state index contributed by atoms with van der Waals surface area (Å²) in [7, 11) is 1.43. The van der Waals surface area contributed by atoms with Crippen molar-refractivity contribution in [3.05, 3.63) is 27.3 Å². The van der Waals surface area contributed by atoms with Gasteiger partial charge in [-0.2, -0.15) is 10.3 Å². The van der Waals surface area contributed by atoms with Crippen molar-refractivity contribution in [3.63, 3.8) is 0 Å². The van der Waals surface area contributed by atoms with Crippen LogP contribution < -0.4 is 4.90 Å². The van der Waals surface area contributed by atoms with Crippen molar-refractivity contribution in [1.29, 1.82) is 5.26 Å². The van der Waals surface area contributed by atoms with E-state index in [0.717, 1.165) is 77.3 Å². The lowest BCUT2D eigenvalue weighted by molar-refractivity contribution is -0.171. The number of aromatic nitrogens is 1. The van der Waals surface area contributed by atoms with Crippen molar-refractivity contribution in [1.82, 2.24) is 15.0 Å². The van der Waals surface area contributed by atoms with Crippen molar-refractivity contribution < 1.29 is 14.4 Å². The molecule has 9 heteroatoms. The number of hydrazine groups is 1. The molecule has 0 saturated heterocycles. The molecule has 1 aromatic rings. The summed E-state index contributed by atoms with van der Waals surface area (Å²) < 4.78 is 0. The van der Waals surface area contributed by atoms with Crippen LogP contribution in [0.2, 0.25) is 0 Å². The third-order valence-corrected chi connectivity index (χ3v) is 11.8. The number of thiazole rings is 1. The molecule has 1 fully saturated rings. The number of imide groups is 1. The Kier molecular flexibility index (Phi) is 14.7. The smallest absolute Gasteiger partial charge is 0.290 e. The van der Waals surface area contributed by atoms with Gasteiger partial charge < -0.3 is 4.90 Å². The average molecular weight is 694 g/mol. The second-order valence-corrected chi connectivity index (χ2v) is 16.7. The first-order valence-corrected chi connectivity index (χ1v) is 19.7. The van der Waals surface area contributed by atoms with E-state index in [1.165, 1.54) is 52.0 Å². The van der Waals surface area contributed by atoms with Crippen molar-refractivity contribution >= 4 is 40.3 Å². The number of carbonyl (C=O) groups excluding carboxylic acids is 3. The molecule has 0 N–H and O–H groups in total. The van der Waals surface area contributed by atoms with Gasteiger partial charge in [-0.3, -0.25) is 14.4 Å². The van der Waals surface area contributed by atoms with Crippen molar-refractivity contribution in [3.8, 4) is 6.07 Å². The molecule has 2 unspecified atom stereocenters. The number of hydrogen-bond donors (Lipinski definition) is 0. The number of carbonyl (C=O) groups is 3. The van der Waals surface area contributed by atoms with E-state index in [2.05, 4.69) is 39.5 Å². The van der Waals surface area contributed by atoms with Gasteiger partial charge in [0.15, 0.2) is 5.13 Å². The largest absolute Gasteiger partial charge is 0.348 e. The molecule has 1 saturated carbocycles. The Balaban J connectivity index is 2.23. The normalized spacial score (nSPS) is 18.9. The zero-order valence-electron chi connectivity index (χ0n) is 32.2. The van der Waals surface area contributed by atoms with Gasteiger partial charge in [0.1, 0.15) is 11.6 Å². The maximum absolute atomic E-state index is 14.2. The summed E-state index contributed by atoms with van der Waals surface area (Å²) in [6.07, 6.45) is 16.8. The second-order valence-electron chi connectivity index (χ2n) is 15.7. The van der Waals surface area contributed by atoms with Gasteiger partial charge in [0, 0.05) is 36.5 Å². The van der Waals surface area contributed by atoms with Crippen molar-refractivity contribution in [2.45, 2.75) is 151 Å². The Labute approximate surface area is 301 Å². The molecule has 2 aliphatic rings. The van der Waals surface area contributed by atoms with Crippen LogP contribution in [0.1, 0.15) is 156 Å². The minimum atomic E-state index is -0.831. The second kappa shape index (κ2) is 17.8. The molecule has 1 aliphatic carbocycles. The Morgan fingerprint density at radius 1 is 1.00 bits per heavy atom. The van der Waals surface area contributed by atoms with Gasteiger partial charge in [0.25, 0.3) is 11.8 Å². The standard InChI is InChI=1S/C40H63N5O3S/c1-11-15-20-29(13-3)26-44(27-30(14-4)21-16-12-2)38-42-34(40(9)22-18-17-19-23-40)33(49-38)24-31-28(5)32(25-41)36(47)45(35(31)46)43(10)37(48)39(6,7)8/h24,29-30H,11-23,26-27H2,1-10H3/b31-24-. The van der Waals surface area contributed by atoms with E-state index in [0.29, 0.717) is 17.4 Å². The highest BCUT2D eigenvalue weighted by molar-refractivity contribution is 7.16. The van der Waals surface area contributed by atoms with Gasteiger partial charge in [-0.05, 0) is 56.1 Å². The number of hydrogen-bond acceptors (Lipinski definition) is 7. The summed E-state index contributed by atoms with van der Waals surface area (Å²) in [5.41, 5.74) is 0.506. The number of nitriles is 1. The SMILES string of the molecule is CCCCC(CC)CN(CC(CC)CCCC)c1nc(C2(C)CCCCC2)c(/C=C2\C(=O)N(N(C)C(=O)C(C)(C)C)C(=O)C(C#N)=C2C)s1. The summed E-state index contributed by atoms with van der Waals surface area (Å²) in [6.45, 7) is 20.2. The van der Waals surface area contributed by atoms with E-state index in [1.54, 1.807) is 39.0 Å². The van der Waals surface area contributed by atoms with Gasteiger partial charge in [-0.1, -0.05) is 125 Å². The highest BCUT2D eigenvalue weighted by Crippen LogP contribution is 2.45. The van der Waals surface area contributed by atoms with E-state index in [1.807, 2.05) is 12.1 Å². The Morgan fingerprint density at radius 2 is 1.55 bits per heavy atom. The summed E-state index contributed by atoms with van der Waals surface area (Å²) >= 11 is 1.64. The van der Waals surface area contributed by atoms with Gasteiger partial charge >= 0.3 is 0 Å². The van der Waals surface area contributed by atoms with Crippen LogP contribution >= 0.6 is 11.3 Å². The van der Waals surface area contributed by atoms with Crippen LogP contribution in [0.3, 0.4) is 0 Å². The van der Waals surface area contributed by atoms with Crippen molar-refractivity contribution in [2.75, 3.05) is 25.0 Å². The van der Waals surface area contributed by atoms with Gasteiger partial charge in [0.2, 0.25) is 5.91 Å². The molecular weight excluding hydrogens is 631 g/mol. The molecular formula is C40H63N5O3S. The van der Waals surface area contributed by atoms with E-state index in [9.17, 15) is 19.6 Å². The van der Waals surface area contributed by atoms with Crippen LogP contribution in [0, 0.1) is 28.6 Å². The van der Waals surface area contributed by atoms with Crippen LogP contribution in [0.15, 0.2) is 16.7 Å². The minimum absolute atomic E-state index is 0.125. The molecule has 2 heterocycles. The number of anilines is 1. The third-order valence-electron chi connectivity index (χ3n) is 10.7. The summed E-state index contributed by atoms with van der Waals surface area (Å²) in [6, 6.07) is 2.04. The van der Waals surface area contributed by atoms with Gasteiger partial charge in [-0.15, -0.1) is 0 Å².